The Balaban J connectivity index is 1.69. The van der Waals surface area contributed by atoms with Crippen LogP contribution in [0.25, 0.3) is 0 Å². The number of fused-ring (bicyclic) bond motifs is 1. The van der Waals surface area contributed by atoms with Crippen LogP contribution in [0.15, 0.2) is 29.2 Å². The Morgan fingerprint density at radius 1 is 1.29 bits per heavy atom. The van der Waals surface area contributed by atoms with E-state index in [4.69, 9.17) is 4.74 Å². The number of carbonyl (C=O) groups is 1. The first-order chi connectivity index (χ1) is 10.0. The van der Waals surface area contributed by atoms with Gasteiger partial charge in [-0.1, -0.05) is 0 Å². The minimum atomic E-state index is -3.52. The fraction of sp³-hybridized carbons (Fsp3) is 0.500. The van der Waals surface area contributed by atoms with E-state index in [2.05, 4.69) is 10.0 Å². The van der Waals surface area contributed by atoms with E-state index in [1.807, 2.05) is 0 Å². The second-order valence-corrected chi connectivity index (χ2v) is 7.09. The van der Waals surface area contributed by atoms with Crippen LogP contribution in [0.5, 0.6) is 0 Å². The standard InChI is InChI=1S/C14H18N2O4S/c1-2-20-14(17)9-3-5-10(6-4-9)21(18,19)16-13-11-7-15-8-12(11)13/h3-6,11-13,15-16H,2,7-8H2,1H3. The predicted molar refractivity (Wildman–Crippen MR) is 76.4 cm³/mol. The third kappa shape index (κ3) is 2.81. The molecular formula is C14H18N2O4S. The zero-order valence-electron chi connectivity index (χ0n) is 11.7. The monoisotopic (exact) mass is 310 g/mol. The van der Waals surface area contributed by atoms with Crippen LogP contribution in [0, 0.1) is 11.8 Å². The molecule has 0 spiro atoms. The van der Waals surface area contributed by atoms with Gasteiger partial charge in [-0.2, -0.15) is 0 Å². The molecule has 2 fully saturated rings. The first-order valence-electron chi connectivity index (χ1n) is 7.03. The van der Waals surface area contributed by atoms with Crippen molar-refractivity contribution in [2.45, 2.75) is 17.9 Å². The van der Waals surface area contributed by atoms with E-state index in [1.165, 1.54) is 24.3 Å². The van der Waals surface area contributed by atoms with Gasteiger partial charge in [0.05, 0.1) is 17.1 Å². The maximum atomic E-state index is 12.3. The fourth-order valence-electron chi connectivity index (χ4n) is 2.82. The second kappa shape index (κ2) is 5.40. The van der Waals surface area contributed by atoms with Crippen LogP contribution in [0.1, 0.15) is 17.3 Å². The Morgan fingerprint density at radius 3 is 2.48 bits per heavy atom. The Labute approximate surface area is 123 Å². The number of ether oxygens (including phenoxy) is 1. The molecule has 1 aliphatic heterocycles. The summed E-state index contributed by atoms with van der Waals surface area (Å²) >= 11 is 0. The van der Waals surface area contributed by atoms with E-state index in [1.54, 1.807) is 6.92 Å². The molecule has 1 aromatic rings. The van der Waals surface area contributed by atoms with Gasteiger partial charge >= 0.3 is 5.97 Å². The lowest BCUT2D eigenvalue weighted by Gasteiger charge is -2.09. The largest absolute Gasteiger partial charge is 0.462 e. The van der Waals surface area contributed by atoms with Gasteiger partial charge in [0, 0.05) is 6.04 Å². The summed E-state index contributed by atoms with van der Waals surface area (Å²) in [6.07, 6.45) is 0. The molecule has 2 atom stereocenters. The highest BCUT2D eigenvalue weighted by atomic mass is 32.2. The average Bonchev–Trinajstić information content (AvgIpc) is 2.89. The molecule has 2 aliphatic rings. The lowest BCUT2D eigenvalue weighted by atomic mass is 10.2. The molecule has 1 saturated carbocycles. The topological polar surface area (TPSA) is 84.5 Å². The molecule has 0 amide bonds. The van der Waals surface area contributed by atoms with Crippen LogP contribution < -0.4 is 10.0 Å². The first kappa shape index (κ1) is 14.5. The van der Waals surface area contributed by atoms with Gasteiger partial charge in [0.1, 0.15) is 0 Å². The smallest absolute Gasteiger partial charge is 0.338 e. The summed E-state index contributed by atoms with van der Waals surface area (Å²) in [4.78, 5) is 11.7. The third-order valence-electron chi connectivity index (χ3n) is 4.06. The molecule has 0 radical (unpaired) electrons. The third-order valence-corrected chi connectivity index (χ3v) is 5.53. The number of hydrogen-bond donors (Lipinski definition) is 2. The summed E-state index contributed by atoms with van der Waals surface area (Å²) in [5.74, 6) is 0.384. The average molecular weight is 310 g/mol. The molecule has 6 nitrogen and oxygen atoms in total. The van der Waals surface area contributed by atoms with Crippen LogP contribution in [0.2, 0.25) is 0 Å². The van der Waals surface area contributed by atoms with Crippen LogP contribution in [-0.2, 0) is 14.8 Å². The van der Waals surface area contributed by atoms with Gasteiger partial charge in [0.25, 0.3) is 0 Å². The molecule has 3 rings (SSSR count). The molecule has 1 heterocycles. The normalized spacial score (nSPS) is 27.2. The number of carbonyl (C=O) groups excluding carboxylic acids is 1. The van der Waals surface area contributed by atoms with Crippen molar-refractivity contribution in [3.05, 3.63) is 29.8 Å². The molecule has 1 aromatic carbocycles. The minimum Gasteiger partial charge on any atom is -0.462 e. The molecule has 114 valence electrons. The molecule has 21 heavy (non-hydrogen) atoms. The Hall–Kier alpha value is -1.44. The summed E-state index contributed by atoms with van der Waals surface area (Å²) in [6.45, 7) is 3.76. The number of piperidine rings is 1. The Kier molecular flexibility index (Phi) is 3.73. The molecular weight excluding hydrogens is 292 g/mol. The number of nitrogens with one attached hydrogen (secondary N) is 2. The molecule has 1 saturated heterocycles. The van der Waals surface area contributed by atoms with Crippen molar-refractivity contribution < 1.29 is 17.9 Å². The van der Waals surface area contributed by atoms with Crippen LogP contribution in [0.4, 0.5) is 0 Å². The van der Waals surface area contributed by atoms with Gasteiger partial charge in [-0.15, -0.1) is 0 Å². The number of hydrogen-bond acceptors (Lipinski definition) is 5. The highest BCUT2D eigenvalue weighted by Gasteiger charge is 2.54. The van der Waals surface area contributed by atoms with Gasteiger partial charge in [0.2, 0.25) is 10.0 Å². The van der Waals surface area contributed by atoms with Gasteiger partial charge in [-0.25, -0.2) is 17.9 Å². The van der Waals surface area contributed by atoms with Crippen molar-refractivity contribution in [3.63, 3.8) is 0 Å². The Morgan fingerprint density at radius 2 is 1.90 bits per heavy atom. The lowest BCUT2D eigenvalue weighted by Crippen LogP contribution is -2.32. The second-order valence-electron chi connectivity index (χ2n) is 5.38. The van der Waals surface area contributed by atoms with Gasteiger partial charge in [-0.05, 0) is 56.1 Å². The van der Waals surface area contributed by atoms with Crippen molar-refractivity contribution in [2.75, 3.05) is 19.7 Å². The first-order valence-corrected chi connectivity index (χ1v) is 8.51. The highest BCUT2D eigenvalue weighted by Crippen LogP contribution is 2.42. The van der Waals surface area contributed by atoms with E-state index < -0.39 is 16.0 Å². The van der Waals surface area contributed by atoms with E-state index in [0.717, 1.165) is 13.1 Å². The number of benzene rings is 1. The highest BCUT2D eigenvalue weighted by molar-refractivity contribution is 7.89. The van der Waals surface area contributed by atoms with Crippen LogP contribution >= 0.6 is 0 Å². The summed E-state index contributed by atoms with van der Waals surface area (Å²) in [5, 5.41) is 3.22. The number of sulfonamides is 1. The molecule has 7 heteroatoms. The zero-order chi connectivity index (χ0) is 15.0. The maximum absolute atomic E-state index is 12.3. The fourth-order valence-corrected chi connectivity index (χ4v) is 4.16. The van der Waals surface area contributed by atoms with Crippen molar-refractivity contribution in [1.29, 1.82) is 0 Å². The summed E-state index contributed by atoms with van der Waals surface area (Å²) in [6, 6.07) is 5.86. The summed E-state index contributed by atoms with van der Waals surface area (Å²) in [5.41, 5.74) is 0.350. The van der Waals surface area contributed by atoms with Crippen molar-refractivity contribution >= 4 is 16.0 Å². The lowest BCUT2D eigenvalue weighted by molar-refractivity contribution is 0.0526. The predicted octanol–water partition coefficient (Wildman–Crippen LogP) is 0.359. The van der Waals surface area contributed by atoms with Crippen molar-refractivity contribution in [1.82, 2.24) is 10.0 Å². The van der Waals surface area contributed by atoms with E-state index in [0.29, 0.717) is 24.0 Å². The molecule has 2 N–H and O–H groups in total. The SMILES string of the molecule is CCOC(=O)c1ccc(S(=O)(=O)NC2C3CNCC32)cc1. The maximum Gasteiger partial charge on any atom is 0.338 e. The van der Waals surface area contributed by atoms with Gasteiger partial charge < -0.3 is 10.1 Å². The Bertz CT molecular complexity index is 631. The summed E-state index contributed by atoms with van der Waals surface area (Å²) in [7, 11) is -3.52. The van der Waals surface area contributed by atoms with Crippen LogP contribution in [0.3, 0.4) is 0 Å². The van der Waals surface area contributed by atoms with Crippen LogP contribution in [-0.4, -0.2) is 40.1 Å². The van der Waals surface area contributed by atoms with E-state index >= 15 is 0 Å². The quantitative estimate of drug-likeness (QED) is 0.767. The van der Waals surface area contributed by atoms with E-state index in [-0.39, 0.29) is 10.9 Å². The molecule has 1 aliphatic carbocycles. The summed E-state index contributed by atoms with van der Waals surface area (Å²) < 4.78 is 32.2. The van der Waals surface area contributed by atoms with Crippen molar-refractivity contribution in [2.24, 2.45) is 11.8 Å². The van der Waals surface area contributed by atoms with E-state index in [9.17, 15) is 13.2 Å². The van der Waals surface area contributed by atoms with Gasteiger partial charge in [-0.3, -0.25) is 0 Å². The van der Waals surface area contributed by atoms with Gasteiger partial charge in [0.15, 0.2) is 0 Å². The zero-order valence-corrected chi connectivity index (χ0v) is 12.5. The van der Waals surface area contributed by atoms with Crippen molar-refractivity contribution in [3.8, 4) is 0 Å². The minimum absolute atomic E-state index is 0.0426. The number of rotatable bonds is 5. The molecule has 0 bridgehead atoms. The molecule has 0 aromatic heterocycles. The number of esters is 1. The molecule has 2 unspecified atom stereocenters.